The summed E-state index contributed by atoms with van der Waals surface area (Å²) in [6.45, 7) is 6.36. The van der Waals surface area contributed by atoms with E-state index in [4.69, 9.17) is 14.2 Å². The summed E-state index contributed by atoms with van der Waals surface area (Å²) in [7, 11) is 3.17. The highest BCUT2D eigenvalue weighted by Gasteiger charge is 2.16. The largest absolute Gasteiger partial charge is 0.497 e. The molecule has 0 bridgehead atoms. The molecule has 0 amide bonds. The zero-order chi connectivity index (χ0) is 21.0. The van der Waals surface area contributed by atoms with Gasteiger partial charge in [-0.3, -0.25) is 0 Å². The Bertz CT molecular complexity index is 991. The van der Waals surface area contributed by atoms with E-state index in [1.54, 1.807) is 50.6 Å². The van der Waals surface area contributed by atoms with E-state index in [0.29, 0.717) is 22.8 Å². The van der Waals surface area contributed by atoms with Crippen LogP contribution in [0.4, 0.5) is 0 Å². The summed E-state index contributed by atoms with van der Waals surface area (Å²) < 4.78 is 16.0. The van der Waals surface area contributed by atoms with Crippen LogP contribution >= 0.6 is 0 Å². The molecule has 0 saturated heterocycles. The van der Waals surface area contributed by atoms with Crippen molar-refractivity contribution >= 4 is 5.97 Å². The molecular weight excluding hydrogens is 368 g/mol. The summed E-state index contributed by atoms with van der Waals surface area (Å²) in [6, 6.07) is 16.1. The molecule has 0 spiro atoms. The van der Waals surface area contributed by atoms with Gasteiger partial charge in [-0.05, 0) is 47.4 Å². The fourth-order valence-electron chi connectivity index (χ4n) is 2.79. The van der Waals surface area contributed by atoms with Crippen molar-refractivity contribution in [3.8, 4) is 28.6 Å². The first kappa shape index (κ1) is 20.3. The number of nitrogens with zero attached hydrogens (tertiary/aromatic N) is 2. The van der Waals surface area contributed by atoms with E-state index in [1.807, 2.05) is 18.2 Å². The quantitative estimate of drug-likeness (QED) is 0.587. The zero-order valence-corrected chi connectivity index (χ0v) is 17.2. The number of carbonyl (C=O) groups excluding carboxylic acids is 1. The van der Waals surface area contributed by atoms with Crippen molar-refractivity contribution < 1.29 is 19.0 Å². The first-order chi connectivity index (χ1) is 13.8. The minimum Gasteiger partial charge on any atom is -0.497 e. The summed E-state index contributed by atoms with van der Waals surface area (Å²) in [4.78, 5) is 12.4. The highest BCUT2D eigenvalue weighted by molar-refractivity contribution is 5.90. The molecular formula is C23H24N2O4. The first-order valence-corrected chi connectivity index (χ1v) is 9.20. The SMILES string of the molecule is COc1ccc(OC)c(-c2ccc(OC(=O)c3ccc(C(C)(C)C)cc3)nn2)c1. The molecule has 0 fully saturated rings. The van der Waals surface area contributed by atoms with Gasteiger partial charge in [0.15, 0.2) is 0 Å². The van der Waals surface area contributed by atoms with Crippen LogP contribution in [0.5, 0.6) is 17.4 Å². The van der Waals surface area contributed by atoms with E-state index in [0.717, 1.165) is 11.1 Å². The second kappa shape index (κ2) is 8.31. The lowest BCUT2D eigenvalue weighted by Gasteiger charge is -2.18. The van der Waals surface area contributed by atoms with Crippen molar-refractivity contribution in [2.75, 3.05) is 14.2 Å². The standard InChI is InChI=1S/C23H24N2O4/c1-23(2,3)16-8-6-15(7-9-16)22(26)29-21-13-11-19(24-25-21)18-14-17(27-4)10-12-20(18)28-5/h6-14H,1-5H3. The topological polar surface area (TPSA) is 70.5 Å². The molecule has 0 atom stereocenters. The average Bonchev–Trinajstić information content (AvgIpc) is 2.73. The van der Waals surface area contributed by atoms with Gasteiger partial charge in [0.1, 0.15) is 11.5 Å². The van der Waals surface area contributed by atoms with Crippen LogP contribution in [0.2, 0.25) is 0 Å². The average molecular weight is 392 g/mol. The molecule has 6 heteroatoms. The Labute approximate surface area is 170 Å². The van der Waals surface area contributed by atoms with Gasteiger partial charge in [0.2, 0.25) is 5.88 Å². The van der Waals surface area contributed by atoms with Gasteiger partial charge < -0.3 is 14.2 Å². The predicted octanol–water partition coefficient (Wildman–Crippen LogP) is 4.68. The Hall–Kier alpha value is -3.41. The molecule has 0 unspecified atom stereocenters. The predicted molar refractivity (Wildman–Crippen MR) is 111 cm³/mol. The second-order valence-corrected chi connectivity index (χ2v) is 7.54. The van der Waals surface area contributed by atoms with Crippen molar-refractivity contribution in [1.29, 1.82) is 0 Å². The number of aromatic nitrogens is 2. The van der Waals surface area contributed by atoms with Gasteiger partial charge in [0.05, 0.1) is 25.5 Å². The molecule has 0 saturated carbocycles. The lowest BCUT2D eigenvalue weighted by molar-refractivity contribution is 0.0726. The van der Waals surface area contributed by atoms with Crippen molar-refractivity contribution in [2.24, 2.45) is 0 Å². The summed E-state index contributed by atoms with van der Waals surface area (Å²) >= 11 is 0. The number of benzene rings is 2. The van der Waals surface area contributed by atoms with Gasteiger partial charge in [-0.2, -0.15) is 0 Å². The summed E-state index contributed by atoms with van der Waals surface area (Å²) in [5, 5.41) is 8.18. The summed E-state index contributed by atoms with van der Waals surface area (Å²) in [6.07, 6.45) is 0. The second-order valence-electron chi connectivity index (χ2n) is 7.54. The number of methoxy groups -OCH3 is 2. The lowest BCUT2D eigenvalue weighted by Crippen LogP contribution is -2.13. The van der Waals surface area contributed by atoms with E-state index in [1.165, 1.54) is 0 Å². The van der Waals surface area contributed by atoms with Gasteiger partial charge in [0, 0.05) is 11.6 Å². The maximum atomic E-state index is 12.4. The van der Waals surface area contributed by atoms with E-state index in [2.05, 4.69) is 31.0 Å². The Morgan fingerprint density at radius 3 is 2.14 bits per heavy atom. The molecule has 29 heavy (non-hydrogen) atoms. The third-order valence-electron chi connectivity index (χ3n) is 4.51. The van der Waals surface area contributed by atoms with Crippen molar-refractivity contribution in [3.05, 3.63) is 65.7 Å². The molecule has 150 valence electrons. The van der Waals surface area contributed by atoms with Crippen molar-refractivity contribution in [1.82, 2.24) is 10.2 Å². The Balaban J connectivity index is 1.76. The van der Waals surface area contributed by atoms with E-state index in [-0.39, 0.29) is 11.3 Å². The lowest BCUT2D eigenvalue weighted by atomic mass is 9.87. The number of hydrogen-bond donors (Lipinski definition) is 0. The maximum absolute atomic E-state index is 12.4. The monoisotopic (exact) mass is 392 g/mol. The van der Waals surface area contributed by atoms with Crippen molar-refractivity contribution in [3.63, 3.8) is 0 Å². The van der Waals surface area contributed by atoms with Crippen LogP contribution in [0.3, 0.4) is 0 Å². The number of ether oxygens (including phenoxy) is 3. The fourth-order valence-corrected chi connectivity index (χ4v) is 2.79. The van der Waals surface area contributed by atoms with E-state index >= 15 is 0 Å². The molecule has 0 N–H and O–H groups in total. The molecule has 1 aromatic heterocycles. The van der Waals surface area contributed by atoms with Crippen LogP contribution in [0, 0.1) is 0 Å². The van der Waals surface area contributed by atoms with Crippen LogP contribution in [-0.4, -0.2) is 30.4 Å². The minimum atomic E-state index is -0.480. The molecule has 0 radical (unpaired) electrons. The molecule has 0 aliphatic heterocycles. The van der Waals surface area contributed by atoms with E-state index in [9.17, 15) is 4.79 Å². The van der Waals surface area contributed by atoms with Crippen LogP contribution < -0.4 is 14.2 Å². The fraction of sp³-hybridized carbons (Fsp3) is 0.261. The molecule has 0 aliphatic carbocycles. The Morgan fingerprint density at radius 1 is 0.862 bits per heavy atom. The third-order valence-corrected chi connectivity index (χ3v) is 4.51. The normalized spacial score (nSPS) is 11.1. The van der Waals surface area contributed by atoms with Crippen LogP contribution in [0.1, 0.15) is 36.7 Å². The molecule has 3 aromatic rings. The molecule has 2 aromatic carbocycles. The zero-order valence-electron chi connectivity index (χ0n) is 17.2. The van der Waals surface area contributed by atoms with Crippen molar-refractivity contribution in [2.45, 2.75) is 26.2 Å². The van der Waals surface area contributed by atoms with Gasteiger partial charge in [0.25, 0.3) is 0 Å². The number of rotatable bonds is 5. The summed E-state index contributed by atoms with van der Waals surface area (Å²) in [5.41, 5.74) is 2.93. The highest BCUT2D eigenvalue weighted by atomic mass is 16.5. The minimum absolute atomic E-state index is 0.0188. The molecule has 1 heterocycles. The highest BCUT2D eigenvalue weighted by Crippen LogP contribution is 2.32. The first-order valence-electron chi connectivity index (χ1n) is 9.20. The number of carbonyl (C=O) groups is 1. The maximum Gasteiger partial charge on any atom is 0.344 e. The number of esters is 1. The van der Waals surface area contributed by atoms with Crippen LogP contribution in [0.15, 0.2) is 54.6 Å². The van der Waals surface area contributed by atoms with E-state index < -0.39 is 5.97 Å². The number of hydrogen-bond acceptors (Lipinski definition) is 6. The van der Waals surface area contributed by atoms with Gasteiger partial charge in [-0.25, -0.2) is 4.79 Å². The Morgan fingerprint density at radius 2 is 1.59 bits per heavy atom. The molecule has 3 rings (SSSR count). The smallest absolute Gasteiger partial charge is 0.344 e. The molecule has 6 nitrogen and oxygen atoms in total. The van der Waals surface area contributed by atoms with Gasteiger partial charge >= 0.3 is 5.97 Å². The van der Waals surface area contributed by atoms with Gasteiger partial charge in [-0.15, -0.1) is 10.2 Å². The molecule has 0 aliphatic rings. The van der Waals surface area contributed by atoms with Crippen LogP contribution in [0.25, 0.3) is 11.3 Å². The summed E-state index contributed by atoms with van der Waals surface area (Å²) in [5.74, 6) is 0.965. The third kappa shape index (κ3) is 4.71. The van der Waals surface area contributed by atoms with Gasteiger partial charge in [-0.1, -0.05) is 32.9 Å². The Kier molecular flexibility index (Phi) is 5.82. The van der Waals surface area contributed by atoms with Crippen LogP contribution in [-0.2, 0) is 5.41 Å².